The molecule has 0 aliphatic rings. The fourth-order valence-corrected chi connectivity index (χ4v) is 2.57. The maximum atomic E-state index is 13.5. The Bertz CT molecular complexity index is 691. The number of hydrogen-bond donors (Lipinski definition) is 2. The van der Waals surface area contributed by atoms with Crippen molar-refractivity contribution in [2.45, 2.75) is 39.2 Å². The first-order chi connectivity index (χ1) is 10.8. The molecule has 0 spiro atoms. The molecule has 1 heterocycles. The molecule has 1 aromatic carbocycles. The normalized spacial score (nSPS) is 13.6. The van der Waals surface area contributed by atoms with Crippen LogP contribution < -0.4 is 5.32 Å². The van der Waals surface area contributed by atoms with Gasteiger partial charge in [0.2, 0.25) is 5.91 Å². The van der Waals surface area contributed by atoms with E-state index in [1.165, 1.54) is 6.07 Å². The summed E-state index contributed by atoms with van der Waals surface area (Å²) in [6.45, 7) is 5.28. The summed E-state index contributed by atoms with van der Waals surface area (Å²) < 4.78 is 18.9. The molecular weight excluding hydrogens is 297 g/mol. The van der Waals surface area contributed by atoms with Crippen LogP contribution in [0.4, 0.5) is 4.39 Å². The van der Waals surface area contributed by atoms with Crippen molar-refractivity contribution in [1.82, 2.24) is 5.32 Å². The third-order valence-electron chi connectivity index (χ3n) is 3.83. The predicted molar refractivity (Wildman–Crippen MR) is 85.5 cm³/mol. The second-order valence-corrected chi connectivity index (χ2v) is 5.97. The van der Waals surface area contributed by atoms with Crippen LogP contribution in [0, 0.1) is 19.7 Å². The van der Waals surface area contributed by atoms with Crippen molar-refractivity contribution in [3.8, 4) is 0 Å². The zero-order chi connectivity index (χ0) is 17.0. The van der Waals surface area contributed by atoms with Crippen LogP contribution >= 0.6 is 0 Å². The second-order valence-electron chi connectivity index (χ2n) is 5.97. The van der Waals surface area contributed by atoms with Gasteiger partial charge in [0.25, 0.3) is 0 Å². The average molecular weight is 319 g/mol. The monoisotopic (exact) mass is 319 g/mol. The lowest BCUT2D eigenvalue weighted by molar-refractivity contribution is -0.122. The molecule has 0 fully saturated rings. The van der Waals surface area contributed by atoms with Crippen LogP contribution in [0.15, 0.2) is 34.7 Å². The Balaban J connectivity index is 1.89. The van der Waals surface area contributed by atoms with Gasteiger partial charge in [-0.25, -0.2) is 4.39 Å². The highest BCUT2D eigenvalue weighted by Crippen LogP contribution is 2.26. The molecule has 1 unspecified atom stereocenters. The van der Waals surface area contributed by atoms with E-state index in [0.29, 0.717) is 29.1 Å². The Hall–Kier alpha value is -2.14. The number of amides is 1. The number of aliphatic hydroxyl groups is 1. The molecule has 1 aromatic heterocycles. The van der Waals surface area contributed by atoms with E-state index in [1.807, 2.05) is 0 Å². The van der Waals surface area contributed by atoms with Gasteiger partial charge in [-0.15, -0.1) is 0 Å². The molecule has 4 nitrogen and oxygen atoms in total. The van der Waals surface area contributed by atoms with E-state index in [9.17, 15) is 14.3 Å². The number of furan rings is 1. The summed E-state index contributed by atoms with van der Waals surface area (Å²) in [6, 6.07) is 8.16. The van der Waals surface area contributed by atoms with Gasteiger partial charge >= 0.3 is 0 Å². The number of halogens is 1. The summed E-state index contributed by atoms with van der Waals surface area (Å²) in [6.07, 6.45) is 0.491. The van der Waals surface area contributed by atoms with E-state index in [1.54, 1.807) is 45.0 Å². The number of carbonyl (C=O) groups excluding carboxylic acids is 1. The van der Waals surface area contributed by atoms with Gasteiger partial charge < -0.3 is 14.8 Å². The Morgan fingerprint density at radius 1 is 1.35 bits per heavy atom. The fraction of sp³-hybridized carbons (Fsp3) is 0.389. The van der Waals surface area contributed by atoms with Gasteiger partial charge in [-0.05, 0) is 44.9 Å². The molecule has 0 aliphatic carbocycles. The van der Waals surface area contributed by atoms with E-state index >= 15 is 0 Å². The fourth-order valence-electron chi connectivity index (χ4n) is 2.57. The average Bonchev–Trinajstić information content (AvgIpc) is 2.84. The van der Waals surface area contributed by atoms with Gasteiger partial charge in [-0.1, -0.05) is 18.2 Å². The maximum Gasteiger partial charge on any atom is 0.220 e. The molecule has 1 atom stereocenters. The summed E-state index contributed by atoms with van der Waals surface area (Å²) in [5.41, 5.74) is -0.0460. The third-order valence-corrected chi connectivity index (χ3v) is 3.83. The van der Waals surface area contributed by atoms with Crippen LogP contribution in [0.1, 0.15) is 36.0 Å². The minimum Gasteiger partial charge on any atom is -0.466 e. The first kappa shape index (κ1) is 17.2. The second kappa shape index (κ2) is 6.96. The lowest BCUT2D eigenvalue weighted by Crippen LogP contribution is -2.38. The largest absolute Gasteiger partial charge is 0.466 e. The standard InChI is InChI=1S/C18H22FNO3/c1-12-10-15(13(2)23-12)18(3,22)11-20-17(21)9-8-14-6-4-5-7-16(14)19/h4-7,10,22H,8-9,11H2,1-3H3,(H,20,21). The molecule has 0 saturated heterocycles. The molecule has 2 N–H and O–H groups in total. The number of hydrogen-bond acceptors (Lipinski definition) is 3. The highest BCUT2D eigenvalue weighted by Gasteiger charge is 2.28. The zero-order valence-corrected chi connectivity index (χ0v) is 13.6. The minimum atomic E-state index is -1.21. The van der Waals surface area contributed by atoms with Gasteiger partial charge in [-0.2, -0.15) is 0 Å². The van der Waals surface area contributed by atoms with Crippen LogP contribution in [0.3, 0.4) is 0 Å². The molecule has 5 heteroatoms. The van der Waals surface area contributed by atoms with E-state index < -0.39 is 5.60 Å². The van der Waals surface area contributed by atoms with Gasteiger partial charge in [0.1, 0.15) is 22.9 Å². The summed E-state index contributed by atoms with van der Waals surface area (Å²) in [4.78, 5) is 11.9. The predicted octanol–water partition coefficient (Wildman–Crippen LogP) is 2.99. The first-order valence-electron chi connectivity index (χ1n) is 7.59. The van der Waals surface area contributed by atoms with Crippen molar-refractivity contribution in [2.75, 3.05) is 6.54 Å². The number of aryl methyl sites for hydroxylation is 3. The van der Waals surface area contributed by atoms with Crippen molar-refractivity contribution in [2.24, 2.45) is 0 Å². The summed E-state index contributed by atoms with van der Waals surface area (Å²) in [7, 11) is 0. The number of benzene rings is 1. The van der Waals surface area contributed by atoms with Gasteiger partial charge in [0.05, 0.1) is 6.54 Å². The van der Waals surface area contributed by atoms with Crippen LogP contribution in [0.5, 0.6) is 0 Å². The SMILES string of the molecule is Cc1cc(C(C)(O)CNC(=O)CCc2ccccc2F)c(C)o1. The van der Waals surface area contributed by atoms with Gasteiger partial charge in [0, 0.05) is 12.0 Å². The van der Waals surface area contributed by atoms with Gasteiger partial charge in [-0.3, -0.25) is 4.79 Å². The van der Waals surface area contributed by atoms with Crippen molar-refractivity contribution in [3.05, 3.63) is 58.8 Å². The lowest BCUT2D eigenvalue weighted by Gasteiger charge is -2.23. The summed E-state index contributed by atoms with van der Waals surface area (Å²) >= 11 is 0. The van der Waals surface area contributed by atoms with Crippen molar-refractivity contribution in [3.63, 3.8) is 0 Å². The molecule has 0 saturated carbocycles. The van der Waals surface area contributed by atoms with Crippen LogP contribution in [-0.4, -0.2) is 17.6 Å². The number of rotatable bonds is 6. The van der Waals surface area contributed by atoms with E-state index in [2.05, 4.69) is 5.32 Å². The molecule has 0 aliphatic heterocycles. The Labute approximate surface area is 135 Å². The number of carbonyl (C=O) groups is 1. The van der Waals surface area contributed by atoms with Crippen molar-refractivity contribution in [1.29, 1.82) is 0 Å². The molecule has 1 amide bonds. The smallest absolute Gasteiger partial charge is 0.220 e. The molecule has 23 heavy (non-hydrogen) atoms. The topological polar surface area (TPSA) is 62.5 Å². The lowest BCUT2D eigenvalue weighted by atomic mass is 9.96. The minimum absolute atomic E-state index is 0.0723. The Morgan fingerprint density at radius 3 is 2.65 bits per heavy atom. The summed E-state index contributed by atoms with van der Waals surface area (Å²) in [5.74, 6) is 0.806. The molecular formula is C18H22FNO3. The summed E-state index contributed by atoms with van der Waals surface area (Å²) in [5, 5.41) is 13.2. The highest BCUT2D eigenvalue weighted by molar-refractivity contribution is 5.76. The van der Waals surface area contributed by atoms with E-state index in [0.717, 1.165) is 0 Å². The first-order valence-corrected chi connectivity index (χ1v) is 7.59. The van der Waals surface area contributed by atoms with Crippen molar-refractivity contribution >= 4 is 5.91 Å². The molecule has 2 rings (SSSR count). The highest BCUT2D eigenvalue weighted by atomic mass is 19.1. The van der Waals surface area contributed by atoms with E-state index in [-0.39, 0.29) is 24.7 Å². The maximum absolute atomic E-state index is 13.5. The zero-order valence-electron chi connectivity index (χ0n) is 13.6. The van der Waals surface area contributed by atoms with E-state index in [4.69, 9.17) is 4.42 Å². The van der Waals surface area contributed by atoms with Crippen LogP contribution in [-0.2, 0) is 16.8 Å². The molecule has 124 valence electrons. The van der Waals surface area contributed by atoms with Crippen LogP contribution in [0.2, 0.25) is 0 Å². The third kappa shape index (κ3) is 4.42. The quantitative estimate of drug-likeness (QED) is 0.860. The molecule has 0 radical (unpaired) electrons. The van der Waals surface area contributed by atoms with Crippen LogP contribution in [0.25, 0.3) is 0 Å². The van der Waals surface area contributed by atoms with Gasteiger partial charge in [0.15, 0.2) is 0 Å². The molecule has 2 aromatic rings. The van der Waals surface area contributed by atoms with Crippen molar-refractivity contribution < 1.29 is 18.7 Å². The Morgan fingerprint density at radius 2 is 2.04 bits per heavy atom. The Kier molecular flexibility index (Phi) is 5.21. The molecule has 0 bridgehead atoms. The number of nitrogens with one attached hydrogen (secondary N) is 1.